The summed E-state index contributed by atoms with van der Waals surface area (Å²) in [4.78, 5) is 0. The maximum Gasteiger partial charge on any atom is 0.124 e. The Morgan fingerprint density at radius 3 is 2.56 bits per heavy atom. The lowest BCUT2D eigenvalue weighted by Crippen LogP contribution is -2.18. The second kappa shape index (κ2) is 12.2. The van der Waals surface area contributed by atoms with Gasteiger partial charge in [0.15, 0.2) is 0 Å². The molecule has 0 aliphatic carbocycles. The zero-order valence-corrected chi connectivity index (χ0v) is 16.4. The van der Waals surface area contributed by atoms with Crippen molar-refractivity contribution in [3.8, 4) is 5.75 Å². The minimum Gasteiger partial charge on any atom is -0.489 e. The largest absolute Gasteiger partial charge is 0.489 e. The first kappa shape index (κ1) is 21.8. The van der Waals surface area contributed by atoms with Crippen LogP contribution in [0.25, 0.3) is 0 Å². The predicted molar refractivity (Wildman–Crippen MR) is 107 cm³/mol. The lowest BCUT2D eigenvalue weighted by Gasteiger charge is -2.13. The summed E-state index contributed by atoms with van der Waals surface area (Å²) in [5.41, 5.74) is 2.22. The summed E-state index contributed by atoms with van der Waals surface area (Å²) in [6.07, 6.45) is 1.27. The van der Waals surface area contributed by atoms with Crippen molar-refractivity contribution in [3.63, 3.8) is 0 Å². The van der Waals surface area contributed by atoms with Gasteiger partial charge in [-0.05, 0) is 50.6 Å². The Morgan fingerprint density at radius 1 is 1.08 bits per heavy atom. The molecule has 0 bridgehead atoms. The van der Waals surface area contributed by atoms with Crippen molar-refractivity contribution >= 4 is 24.0 Å². The molecule has 5 heteroatoms. The zero-order valence-electron chi connectivity index (χ0n) is 14.8. The number of ether oxygens (including phenoxy) is 2. The summed E-state index contributed by atoms with van der Waals surface area (Å²) < 4.78 is 11.5. The third-order valence-corrected chi connectivity index (χ3v) is 3.76. The molecule has 0 amide bonds. The third-order valence-electron chi connectivity index (χ3n) is 3.52. The number of hydrogen-bond donors (Lipinski definition) is 1. The highest BCUT2D eigenvalue weighted by molar-refractivity contribution is 6.30. The first-order valence-electron chi connectivity index (χ1n) is 8.42. The molecular formula is C20H27Cl2NO2. The molecule has 0 fully saturated rings. The number of benzene rings is 2. The SMILES string of the molecule is CC(C)OCCCNCc1cc(Cl)ccc1OCc1ccccc1.Cl. The van der Waals surface area contributed by atoms with Gasteiger partial charge in [0.25, 0.3) is 0 Å². The van der Waals surface area contributed by atoms with E-state index in [4.69, 9.17) is 21.1 Å². The van der Waals surface area contributed by atoms with Crippen LogP contribution in [0.3, 0.4) is 0 Å². The van der Waals surface area contributed by atoms with Crippen LogP contribution in [0.15, 0.2) is 48.5 Å². The summed E-state index contributed by atoms with van der Waals surface area (Å²) in [5, 5.41) is 4.15. The lowest BCUT2D eigenvalue weighted by atomic mass is 10.2. The molecule has 2 rings (SSSR count). The maximum absolute atomic E-state index is 6.13. The van der Waals surface area contributed by atoms with Gasteiger partial charge in [0.05, 0.1) is 6.10 Å². The quantitative estimate of drug-likeness (QED) is 0.568. The molecule has 0 atom stereocenters. The van der Waals surface area contributed by atoms with E-state index >= 15 is 0 Å². The van der Waals surface area contributed by atoms with Crippen molar-refractivity contribution in [1.82, 2.24) is 5.32 Å². The number of hydrogen-bond acceptors (Lipinski definition) is 3. The molecular weight excluding hydrogens is 357 g/mol. The normalized spacial score (nSPS) is 10.6. The Hall–Kier alpha value is -1.26. The van der Waals surface area contributed by atoms with Crippen LogP contribution >= 0.6 is 24.0 Å². The number of halogens is 2. The standard InChI is InChI=1S/C20H26ClNO2.ClH/c1-16(2)23-12-6-11-22-14-18-13-19(21)9-10-20(18)24-15-17-7-4-3-5-8-17;/h3-5,7-10,13,16,22H,6,11-12,14-15H2,1-2H3;1H. The highest BCUT2D eigenvalue weighted by atomic mass is 35.5. The summed E-state index contributed by atoms with van der Waals surface area (Å²) in [6.45, 7) is 7.06. The van der Waals surface area contributed by atoms with Gasteiger partial charge in [-0.15, -0.1) is 12.4 Å². The molecule has 0 aromatic heterocycles. The topological polar surface area (TPSA) is 30.5 Å². The van der Waals surface area contributed by atoms with Crippen LogP contribution in [-0.2, 0) is 17.9 Å². The second-order valence-corrected chi connectivity index (χ2v) is 6.41. The Bertz CT molecular complexity index is 606. The van der Waals surface area contributed by atoms with Gasteiger partial charge in [0.1, 0.15) is 12.4 Å². The molecule has 0 unspecified atom stereocenters. The summed E-state index contributed by atoms with van der Waals surface area (Å²) in [7, 11) is 0. The van der Waals surface area contributed by atoms with Gasteiger partial charge >= 0.3 is 0 Å². The first-order chi connectivity index (χ1) is 11.6. The van der Waals surface area contributed by atoms with Crippen molar-refractivity contribution in [2.24, 2.45) is 0 Å². The van der Waals surface area contributed by atoms with Crippen LogP contribution in [0.4, 0.5) is 0 Å². The molecule has 0 aliphatic heterocycles. The molecule has 3 nitrogen and oxygen atoms in total. The Labute approximate surface area is 162 Å². The van der Waals surface area contributed by atoms with Crippen molar-refractivity contribution in [2.75, 3.05) is 13.2 Å². The molecule has 2 aromatic rings. The molecule has 138 valence electrons. The van der Waals surface area contributed by atoms with Crippen molar-refractivity contribution in [2.45, 2.75) is 39.5 Å². The van der Waals surface area contributed by atoms with Gasteiger partial charge in [-0.25, -0.2) is 0 Å². The molecule has 0 saturated heterocycles. The molecule has 1 N–H and O–H groups in total. The van der Waals surface area contributed by atoms with Gasteiger partial charge in [-0.1, -0.05) is 41.9 Å². The fraction of sp³-hybridized carbons (Fsp3) is 0.400. The van der Waals surface area contributed by atoms with Crippen LogP contribution in [0.5, 0.6) is 5.75 Å². The second-order valence-electron chi connectivity index (χ2n) is 5.98. The van der Waals surface area contributed by atoms with Crippen molar-refractivity contribution in [1.29, 1.82) is 0 Å². The molecule has 0 saturated carbocycles. The Kier molecular flexibility index (Phi) is 10.6. The Balaban J connectivity index is 0.00000312. The van der Waals surface area contributed by atoms with E-state index < -0.39 is 0 Å². The van der Waals surface area contributed by atoms with Gasteiger partial charge in [0, 0.05) is 23.7 Å². The van der Waals surface area contributed by atoms with Crippen LogP contribution < -0.4 is 10.1 Å². The van der Waals surface area contributed by atoms with E-state index in [-0.39, 0.29) is 18.5 Å². The molecule has 0 aliphatic rings. The van der Waals surface area contributed by atoms with Crippen LogP contribution in [0, 0.1) is 0 Å². The smallest absolute Gasteiger partial charge is 0.124 e. The van der Waals surface area contributed by atoms with Crippen LogP contribution in [-0.4, -0.2) is 19.3 Å². The summed E-state index contributed by atoms with van der Waals surface area (Å²) >= 11 is 6.13. The minimum atomic E-state index is 0. The van der Waals surface area contributed by atoms with E-state index in [1.807, 2.05) is 36.4 Å². The lowest BCUT2D eigenvalue weighted by molar-refractivity contribution is 0.0770. The fourth-order valence-corrected chi connectivity index (χ4v) is 2.50. The molecule has 0 spiro atoms. The van der Waals surface area contributed by atoms with Crippen molar-refractivity contribution in [3.05, 3.63) is 64.7 Å². The van der Waals surface area contributed by atoms with Crippen LogP contribution in [0.2, 0.25) is 5.02 Å². The van der Waals surface area contributed by atoms with E-state index in [0.29, 0.717) is 6.61 Å². The summed E-state index contributed by atoms with van der Waals surface area (Å²) in [5.74, 6) is 0.870. The minimum absolute atomic E-state index is 0. The van der Waals surface area contributed by atoms with E-state index in [2.05, 4.69) is 31.3 Å². The van der Waals surface area contributed by atoms with Gasteiger partial charge in [-0.2, -0.15) is 0 Å². The van der Waals surface area contributed by atoms with Gasteiger partial charge < -0.3 is 14.8 Å². The average molecular weight is 384 g/mol. The fourth-order valence-electron chi connectivity index (χ4n) is 2.30. The number of rotatable bonds is 10. The zero-order chi connectivity index (χ0) is 17.2. The summed E-state index contributed by atoms with van der Waals surface area (Å²) in [6, 6.07) is 15.9. The van der Waals surface area contributed by atoms with Gasteiger partial charge in [0.2, 0.25) is 0 Å². The van der Waals surface area contributed by atoms with E-state index in [1.54, 1.807) is 0 Å². The Morgan fingerprint density at radius 2 is 1.84 bits per heavy atom. The molecule has 0 heterocycles. The highest BCUT2D eigenvalue weighted by Gasteiger charge is 2.05. The maximum atomic E-state index is 6.13. The average Bonchev–Trinajstić information content (AvgIpc) is 2.58. The van der Waals surface area contributed by atoms with E-state index in [0.717, 1.165) is 48.0 Å². The van der Waals surface area contributed by atoms with Crippen LogP contribution in [0.1, 0.15) is 31.4 Å². The predicted octanol–water partition coefficient (Wildman–Crippen LogP) is 5.25. The highest BCUT2D eigenvalue weighted by Crippen LogP contribution is 2.23. The molecule has 0 radical (unpaired) electrons. The monoisotopic (exact) mass is 383 g/mol. The number of nitrogens with one attached hydrogen (secondary N) is 1. The third kappa shape index (κ3) is 8.59. The van der Waals surface area contributed by atoms with Crippen molar-refractivity contribution < 1.29 is 9.47 Å². The van der Waals surface area contributed by atoms with Gasteiger partial charge in [-0.3, -0.25) is 0 Å². The van der Waals surface area contributed by atoms with E-state index in [9.17, 15) is 0 Å². The first-order valence-corrected chi connectivity index (χ1v) is 8.80. The molecule has 2 aromatic carbocycles. The molecule has 25 heavy (non-hydrogen) atoms. The van der Waals surface area contributed by atoms with E-state index in [1.165, 1.54) is 0 Å².